The zero-order valence-corrected chi connectivity index (χ0v) is 18.7. The molecule has 0 saturated carbocycles. The highest BCUT2D eigenvalue weighted by atomic mass is 32.1. The Labute approximate surface area is 195 Å². The lowest BCUT2D eigenvalue weighted by molar-refractivity contribution is 1.18. The molecule has 33 heavy (non-hydrogen) atoms. The SMILES string of the molecule is c1ccc2c(c1)Cc1cc3c(cc1-2)c1ccccc1n3-c1ccc2sc3ccccc3c2c1. The second kappa shape index (κ2) is 6.34. The van der Waals surface area contributed by atoms with E-state index in [4.69, 9.17) is 0 Å². The van der Waals surface area contributed by atoms with Crippen molar-refractivity contribution in [3.8, 4) is 16.8 Å². The smallest absolute Gasteiger partial charge is 0.0544 e. The summed E-state index contributed by atoms with van der Waals surface area (Å²) in [5.74, 6) is 0. The van der Waals surface area contributed by atoms with E-state index in [1.165, 1.54) is 69.9 Å². The highest BCUT2D eigenvalue weighted by Crippen LogP contribution is 2.43. The van der Waals surface area contributed by atoms with Crippen LogP contribution in [0.25, 0.3) is 58.8 Å². The van der Waals surface area contributed by atoms with Crippen molar-refractivity contribution in [2.24, 2.45) is 0 Å². The molecule has 0 N–H and O–H groups in total. The first-order valence-electron chi connectivity index (χ1n) is 11.4. The molecule has 7 aromatic rings. The van der Waals surface area contributed by atoms with Crippen molar-refractivity contribution < 1.29 is 0 Å². The average molecular weight is 438 g/mol. The third kappa shape index (κ3) is 2.36. The van der Waals surface area contributed by atoms with Crippen molar-refractivity contribution in [1.29, 1.82) is 0 Å². The lowest BCUT2D eigenvalue weighted by Gasteiger charge is -2.09. The van der Waals surface area contributed by atoms with E-state index in [2.05, 4.69) is 108 Å². The lowest BCUT2D eigenvalue weighted by atomic mass is 10.0. The maximum Gasteiger partial charge on any atom is 0.0544 e. The zero-order chi connectivity index (χ0) is 21.5. The second-order valence-corrected chi connectivity index (χ2v) is 10.1. The number of rotatable bonds is 1. The van der Waals surface area contributed by atoms with Crippen molar-refractivity contribution in [1.82, 2.24) is 4.57 Å². The standard InChI is InChI=1S/C31H19NS/c1-2-8-22-19(7-1)15-20-16-29-26(18-25(20)22)23-9-3-5-11-28(23)32(29)21-13-14-31-27(17-21)24-10-4-6-12-30(24)33-31/h1-14,16-18H,15H2. The van der Waals surface area contributed by atoms with E-state index in [-0.39, 0.29) is 0 Å². The minimum atomic E-state index is 1.01. The fourth-order valence-corrected chi connectivity index (χ4v) is 6.82. The van der Waals surface area contributed by atoms with Gasteiger partial charge in [0.2, 0.25) is 0 Å². The van der Waals surface area contributed by atoms with Gasteiger partial charge >= 0.3 is 0 Å². The molecule has 5 aromatic carbocycles. The summed E-state index contributed by atoms with van der Waals surface area (Å²) in [4.78, 5) is 0. The third-order valence-electron chi connectivity index (χ3n) is 7.20. The summed E-state index contributed by atoms with van der Waals surface area (Å²) in [6.45, 7) is 0. The number of para-hydroxylation sites is 1. The van der Waals surface area contributed by atoms with Crippen molar-refractivity contribution in [3.05, 3.63) is 114 Å². The Hall–Kier alpha value is -3.88. The van der Waals surface area contributed by atoms with Gasteiger partial charge in [-0.1, -0.05) is 60.7 Å². The van der Waals surface area contributed by atoms with Crippen LogP contribution in [0.15, 0.2) is 103 Å². The van der Waals surface area contributed by atoms with E-state index in [0.29, 0.717) is 0 Å². The first-order chi connectivity index (χ1) is 16.3. The maximum absolute atomic E-state index is 2.46. The number of nitrogens with zero attached hydrogens (tertiary/aromatic N) is 1. The van der Waals surface area contributed by atoms with Crippen molar-refractivity contribution in [2.75, 3.05) is 0 Å². The number of hydrogen-bond acceptors (Lipinski definition) is 1. The molecule has 1 aliphatic rings. The topological polar surface area (TPSA) is 4.93 Å². The molecular formula is C31H19NS. The highest BCUT2D eigenvalue weighted by Gasteiger charge is 2.22. The third-order valence-corrected chi connectivity index (χ3v) is 8.36. The minimum absolute atomic E-state index is 1.01. The summed E-state index contributed by atoms with van der Waals surface area (Å²) in [5.41, 5.74) is 9.42. The second-order valence-electron chi connectivity index (χ2n) is 8.99. The van der Waals surface area contributed by atoms with Crippen LogP contribution in [0.5, 0.6) is 0 Å². The van der Waals surface area contributed by atoms with Gasteiger partial charge in [-0.15, -0.1) is 11.3 Å². The molecule has 8 rings (SSSR count). The Morgan fingerprint density at radius 1 is 0.515 bits per heavy atom. The van der Waals surface area contributed by atoms with Gasteiger partial charge in [-0.2, -0.15) is 0 Å². The summed E-state index contributed by atoms with van der Waals surface area (Å²) in [5, 5.41) is 5.33. The molecule has 0 bridgehead atoms. The molecule has 0 saturated heterocycles. The average Bonchev–Trinajstić information content (AvgIpc) is 3.51. The molecular weight excluding hydrogens is 418 g/mol. The van der Waals surface area contributed by atoms with Gasteiger partial charge in [0.25, 0.3) is 0 Å². The fourth-order valence-electron chi connectivity index (χ4n) is 5.73. The van der Waals surface area contributed by atoms with Gasteiger partial charge in [-0.25, -0.2) is 0 Å². The quantitative estimate of drug-likeness (QED) is 0.242. The van der Waals surface area contributed by atoms with Gasteiger partial charge in [-0.3, -0.25) is 0 Å². The minimum Gasteiger partial charge on any atom is -0.309 e. The molecule has 0 aliphatic heterocycles. The van der Waals surface area contributed by atoms with Gasteiger partial charge in [0.15, 0.2) is 0 Å². The molecule has 0 fully saturated rings. The molecule has 2 aromatic heterocycles. The number of aromatic nitrogens is 1. The Morgan fingerprint density at radius 2 is 1.30 bits per heavy atom. The maximum atomic E-state index is 2.46. The van der Waals surface area contributed by atoms with Crippen LogP contribution in [0.1, 0.15) is 11.1 Å². The highest BCUT2D eigenvalue weighted by molar-refractivity contribution is 7.25. The molecule has 2 heteroatoms. The Kier molecular flexibility index (Phi) is 3.39. The Bertz CT molecular complexity index is 1900. The van der Waals surface area contributed by atoms with Crippen molar-refractivity contribution >= 4 is 53.3 Å². The summed E-state index contributed by atoms with van der Waals surface area (Å²) >= 11 is 1.87. The summed E-state index contributed by atoms with van der Waals surface area (Å²) in [6, 6.07) is 38.2. The van der Waals surface area contributed by atoms with Crippen molar-refractivity contribution in [2.45, 2.75) is 6.42 Å². The fraction of sp³-hybridized carbons (Fsp3) is 0.0323. The number of fused-ring (bicyclic) bond motifs is 9. The van der Waals surface area contributed by atoms with Crippen LogP contribution in [0.4, 0.5) is 0 Å². The molecule has 1 aliphatic carbocycles. The number of hydrogen-bond donors (Lipinski definition) is 0. The Balaban J connectivity index is 1.47. The van der Waals surface area contributed by atoms with E-state index in [1.54, 1.807) is 0 Å². The van der Waals surface area contributed by atoms with Crippen LogP contribution in [0.2, 0.25) is 0 Å². The summed E-state index contributed by atoms with van der Waals surface area (Å²) in [6.07, 6.45) is 1.01. The van der Waals surface area contributed by atoms with E-state index in [1.807, 2.05) is 11.3 Å². The number of thiophene rings is 1. The normalized spacial score (nSPS) is 12.7. The first-order valence-corrected chi connectivity index (χ1v) is 12.2. The largest absolute Gasteiger partial charge is 0.309 e. The van der Waals surface area contributed by atoms with Crippen LogP contribution in [-0.2, 0) is 6.42 Å². The lowest BCUT2D eigenvalue weighted by Crippen LogP contribution is -1.94. The molecule has 0 spiro atoms. The van der Waals surface area contributed by atoms with E-state index < -0.39 is 0 Å². The van der Waals surface area contributed by atoms with Gasteiger partial charge in [0.1, 0.15) is 0 Å². The predicted octanol–water partition coefficient (Wildman–Crippen LogP) is 8.72. The van der Waals surface area contributed by atoms with Crippen LogP contribution in [0.3, 0.4) is 0 Å². The zero-order valence-electron chi connectivity index (χ0n) is 17.9. The monoisotopic (exact) mass is 437 g/mol. The molecule has 0 atom stereocenters. The van der Waals surface area contributed by atoms with Gasteiger partial charge in [0, 0.05) is 36.6 Å². The molecule has 154 valence electrons. The number of benzene rings is 5. The van der Waals surface area contributed by atoms with E-state index in [0.717, 1.165) is 6.42 Å². The van der Waals surface area contributed by atoms with Gasteiger partial charge < -0.3 is 4.57 Å². The molecule has 1 nitrogen and oxygen atoms in total. The van der Waals surface area contributed by atoms with Gasteiger partial charge in [0.05, 0.1) is 11.0 Å². The summed E-state index contributed by atoms with van der Waals surface area (Å²) < 4.78 is 5.15. The van der Waals surface area contributed by atoms with Crippen LogP contribution in [0, 0.1) is 0 Å². The molecule has 2 heterocycles. The first kappa shape index (κ1) is 17.6. The predicted molar refractivity (Wildman–Crippen MR) is 142 cm³/mol. The molecule has 0 radical (unpaired) electrons. The van der Waals surface area contributed by atoms with Crippen molar-refractivity contribution in [3.63, 3.8) is 0 Å². The van der Waals surface area contributed by atoms with Gasteiger partial charge in [-0.05, 0) is 71.1 Å². The summed E-state index contributed by atoms with van der Waals surface area (Å²) in [7, 11) is 0. The van der Waals surface area contributed by atoms with Crippen LogP contribution < -0.4 is 0 Å². The molecule has 0 amide bonds. The van der Waals surface area contributed by atoms with E-state index in [9.17, 15) is 0 Å². The van der Waals surface area contributed by atoms with Crippen LogP contribution in [-0.4, -0.2) is 4.57 Å². The molecule has 0 unspecified atom stereocenters. The van der Waals surface area contributed by atoms with E-state index >= 15 is 0 Å². The van der Waals surface area contributed by atoms with Crippen LogP contribution >= 0.6 is 11.3 Å². The Morgan fingerprint density at radius 3 is 2.27 bits per heavy atom.